The van der Waals surface area contributed by atoms with E-state index in [-0.39, 0.29) is 21.6 Å². The summed E-state index contributed by atoms with van der Waals surface area (Å²) in [4.78, 5) is 10.9. The van der Waals surface area contributed by atoms with Crippen molar-refractivity contribution in [2.75, 3.05) is 24.5 Å². The van der Waals surface area contributed by atoms with Gasteiger partial charge in [-0.05, 0) is 18.6 Å². The topological polar surface area (TPSA) is 94.7 Å². The molecule has 3 aliphatic rings. The number of nitrogens with two attached hydrogens (primary N) is 1. The average Bonchev–Trinajstić information content (AvgIpc) is 3.48. The van der Waals surface area contributed by atoms with Gasteiger partial charge in [0, 0.05) is 43.5 Å². The van der Waals surface area contributed by atoms with E-state index < -0.39 is 11.9 Å². The van der Waals surface area contributed by atoms with Gasteiger partial charge in [0.2, 0.25) is 5.84 Å². The van der Waals surface area contributed by atoms with E-state index in [1.165, 1.54) is 6.20 Å². The van der Waals surface area contributed by atoms with Crippen molar-refractivity contribution in [3.05, 3.63) is 60.3 Å². The van der Waals surface area contributed by atoms with Gasteiger partial charge in [-0.2, -0.15) is 27.7 Å². The fourth-order valence-corrected chi connectivity index (χ4v) is 4.73. The number of halogens is 3. The highest BCUT2D eigenvalue weighted by Crippen LogP contribution is 2.44. The van der Waals surface area contributed by atoms with Gasteiger partial charge in [-0.1, -0.05) is 6.92 Å². The predicted molar refractivity (Wildman–Crippen MR) is 122 cm³/mol. The Morgan fingerprint density at radius 2 is 2.00 bits per heavy atom. The van der Waals surface area contributed by atoms with E-state index in [0.29, 0.717) is 17.6 Å². The SMILES string of the molecule is CCC1CNCCN1c1ccc([N+]23C=CN=C2C(N)=NC=C3c2cn[nH]c2C(F)(F)F)cc1. The Morgan fingerprint density at radius 1 is 1.21 bits per heavy atom. The quantitative estimate of drug-likeness (QED) is 0.615. The Labute approximate surface area is 188 Å². The van der Waals surface area contributed by atoms with Crippen molar-refractivity contribution >= 4 is 28.7 Å². The molecule has 1 aromatic heterocycles. The number of quaternary nitrogens is 1. The fraction of sp³-hybridized carbons (Fsp3) is 0.318. The molecule has 0 aliphatic carbocycles. The van der Waals surface area contributed by atoms with Crippen LogP contribution in [-0.2, 0) is 6.18 Å². The first-order valence-corrected chi connectivity index (χ1v) is 10.7. The molecule has 2 atom stereocenters. The fourth-order valence-electron chi connectivity index (χ4n) is 4.73. The number of aliphatic imine (C=N–C) groups is 2. The van der Waals surface area contributed by atoms with Crippen LogP contribution in [-0.4, -0.2) is 47.5 Å². The third-order valence-corrected chi connectivity index (χ3v) is 6.37. The lowest BCUT2D eigenvalue weighted by Gasteiger charge is -2.38. The van der Waals surface area contributed by atoms with Gasteiger partial charge in [0.25, 0.3) is 5.84 Å². The highest BCUT2D eigenvalue weighted by Gasteiger charge is 2.50. The molecule has 4 N–H and O–H groups in total. The Morgan fingerprint density at radius 3 is 2.73 bits per heavy atom. The van der Waals surface area contributed by atoms with Crippen molar-refractivity contribution in [1.29, 1.82) is 0 Å². The van der Waals surface area contributed by atoms with Gasteiger partial charge in [-0.3, -0.25) is 5.10 Å². The van der Waals surface area contributed by atoms with Gasteiger partial charge >= 0.3 is 6.18 Å². The number of nitrogens with zero attached hydrogens (tertiary/aromatic N) is 5. The summed E-state index contributed by atoms with van der Waals surface area (Å²) in [6.45, 7) is 4.86. The van der Waals surface area contributed by atoms with Gasteiger partial charge in [-0.15, -0.1) is 0 Å². The van der Waals surface area contributed by atoms with Crippen LogP contribution in [0, 0.1) is 0 Å². The minimum Gasteiger partial charge on any atom is -0.377 e. The molecular weight excluding hydrogens is 433 g/mol. The number of alkyl halides is 3. The highest BCUT2D eigenvalue weighted by molar-refractivity contribution is 6.46. The third-order valence-electron chi connectivity index (χ3n) is 6.37. The van der Waals surface area contributed by atoms with E-state index in [9.17, 15) is 13.2 Å². The van der Waals surface area contributed by atoms with Gasteiger partial charge in [0.15, 0.2) is 11.4 Å². The van der Waals surface area contributed by atoms with E-state index in [4.69, 9.17) is 5.73 Å². The maximum absolute atomic E-state index is 13.7. The molecule has 0 amide bonds. The molecule has 11 heteroatoms. The monoisotopic (exact) mass is 457 g/mol. The normalized spacial score (nSPS) is 24.9. The van der Waals surface area contributed by atoms with Crippen LogP contribution >= 0.6 is 0 Å². The molecule has 8 nitrogen and oxygen atoms in total. The highest BCUT2D eigenvalue weighted by atomic mass is 19.4. The van der Waals surface area contributed by atoms with Crippen LogP contribution in [0.5, 0.6) is 0 Å². The Hall–Kier alpha value is -3.44. The van der Waals surface area contributed by atoms with Crippen molar-refractivity contribution in [2.24, 2.45) is 15.7 Å². The summed E-state index contributed by atoms with van der Waals surface area (Å²) in [6, 6.07) is 8.21. The molecule has 0 radical (unpaired) electrons. The van der Waals surface area contributed by atoms with Crippen LogP contribution in [0.3, 0.4) is 0 Å². The van der Waals surface area contributed by atoms with Crippen LogP contribution in [0.1, 0.15) is 24.6 Å². The maximum atomic E-state index is 13.7. The Bertz CT molecular complexity index is 1170. The smallest absolute Gasteiger partial charge is 0.377 e. The van der Waals surface area contributed by atoms with Crippen molar-refractivity contribution in [3.63, 3.8) is 0 Å². The largest absolute Gasteiger partial charge is 0.433 e. The molecule has 33 heavy (non-hydrogen) atoms. The van der Waals surface area contributed by atoms with Crippen LogP contribution in [0.25, 0.3) is 5.70 Å². The minimum absolute atomic E-state index is 0.102. The van der Waals surface area contributed by atoms with Crippen LogP contribution in [0.4, 0.5) is 24.5 Å². The molecule has 1 saturated heterocycles. The minimum atomic E-state index is -4.61. The first-order valence-electron chi connectivity index (χ1n) is 10.7. The summed E-state index contributed by atoms with van der Waals surface area (Å²) in [6.07, 6.45) is 2.18. The predicted octanol–water partition coefficient (Wildman–Crippen LogP) is 3.18. The first kappa shape index (κ1) is 21.4. The lowest BCUT2D eigenvalue weighted by atomic mass is 10.0. The maximum Gasteiger partial charge on any atom is 0.433 e. The molecule has 3 aliphatic heterocycles. The second kappa shape index (κ2) is 7.85. The number of amidine groups is 2. The van der Waals surface area contributed by atoms with Crippen molar-refractivity contribution < 1.29 is 13.2 Å². The third kappa shape index (κ3) is 3.35. The van der Waals surface area contributed by atoms with E-state index >= 15 is 0 Å². The molecule has 0 bridgehead atoms. The number of anilines is 1. The molecule has 4 heterocycles. The number of rotatable bonds is 4. The number of benzene rings is 1. The molecule has 2 aromatic rings. The lowest BCUT2D eigenvalue weighted by molar-refractivity contribution is -0.141. The summed E-state index contributed by atoms with van der Waals surface area (Å²) in [5, 5.41) is 9.16. The van der Waals surface area contributed by atoms with E-state index in [0.717, 1.165) is 37.9 Å². The van der Waals surface area contributed by atoms with Crippen molar-refractivity contribution in [3.8, 4) is 0 Å². The number of piperazine rings is 1. The number of H-pyrrole nitrogens is 1. The summed E-state index contributed by atoms with van der Waals surface area (Å²) in [7, 11) is 0. The van der Waals surface area contributed by atoms with Gasteiger partial charge in [0.05, 0.1) is 24.2 Å². The first-order chi connectivity index (χ1) is 15.9. The van der Waals surface area contributed by atoms with Crippen molar-refractivity contribution in [1.82, 2.24) is 20.0 Å². The summed E-state index contributed by atoms with van der Waals surface area (Å²) >= 11 is 0. The van der Waals surface area contributed by atoms with E-state index in [2.05, 4.69) is 37.3 Å². The average molecular weight is 457 g/mol. The van der Waals surface area contributed by atoms with Gasteiger partial charge in [-0.25, -0.2) is 4.99 Å². The zero-order valence-corrected chi connectivity index (χ0v) is 18.0. The summed E-state index contributed by atoms with van der Waals surface area (Å²) in [5.41, 5.74) is 7.11. The second-order valence-electron chi connectivity index (χ2n) is 8.13. The van der Waals surface area contributed by atoms with Crippen LogP contribution < -0.4 is 20.4 Å². The zero-order valence-electron chi connectivity index (χ0n) is 18.0. The van der Waals surface area contributed by atoms with E-state index in [1.807, 2.05) is 24.3 Å². The number of hydrogen-bond acceptors (Lipinski definition) is 6. The lowest BCUT2D eigenvalue weighted by Crippen LogP contribution is -2.53. The molecule has 1 fully saturated rings. The number of aromatic amines is 1. The van der Waals surface area contributed by atoms with Crippen LogP contribution in [0.2, 0.25) is 0 Å². The number of hydrogen-bond donors (Lipinski definition) is 3. The summed E-state index contributed by atoms with van der Waals surface area (Å²) in [5.74, 6) is 0.501. The molecule has 172 valence electrons. The molecule has 1 aromatic carbocycles. The molecule has 5 rings (SSSR count). The molecule has 0 saturated carbocycles. The molecule has 2 unspecified atom stereocenters. The zero-order chi connectivity index (χ0) is 23.2. The van der Waals surface area contributed by atoms with Crippen molar-refractivity contribution in [2.45, 2.75) is 25.6 Å². The standard InChI is InChI=1S/C22H24F3N8/c1-2-14-11-27-7-9-32(14)15-3-5-16(6-4-15)33-10-8-28-21(33)20(26)29-13-18(33)17-12-30-31-19(17)22(23,24)25/h3-6,8,10,12-14,27H,2,7,9,11H2,1H3,(H2,26,29)(H,30,31)/q+1. The number of fused-ring (bicyclic) bond motifs is 1. The Kier molecular flexibility index (Phi) is 5.09. The van der Waals surface area contributed by atoms with Gasteiger partial charge in [0.1, 0.15) is 11.9 Å². The molecular formula is C22H24F3N8+. The van der Waals surface area contributed by atoms with Crippen LogP contribution in [0.15, 0.2) is 59.0 Å². The second-order valence-corrected chi connectivity index (χ2v) is 8.13. The number of nitrogens with one attached hydrogen (secondary N) is 2. The van der Waals surface area contributed by atoms with Gasteiger partial charge < -0.3 is 16.0 Å². The number of aromatic nitrogens is 2. The molecule has 0 spiro atoms. The Balaban J connectivity index is 1.60. The van der Waals surface area contributed by atoms with E-state index in [1.54, 1.807) is 12.4 Å². The summed E-state index contributed by atoms with van der Waals surface area (Å²) < 4.78 is 40.9.